The fourth-order valence-electron chi connectivity index (χ4n) is 7.13. The fraction of sp³-hybridized carbons (Fsp3) is 0.600. The van der Waals surface area contributed by atoms with Crippen LogP contribution in [0.3, 0.4) is 0 Å². The first-order valence-electron chi connectivity index (χ1n) is 8.23. The Balaban J connectivity index is 2.22. The predicted octanol–water partition coefficient (Wildman–Crippen LogP) is 3.69. The van der Waals surface area contributed by atoms with Gasteiger partial charge in [0.15, 0.2) is 0 Å². The summed E-state index contributed by atoms with van der Waals surface area (Å²) in [6.45, 7) is 8.61. The number of nitriles is 2. The van der Waals surface area contributed by atoms with E-state index in [4.69, 9.17) is 4.74 Å². The first-order valence-corrected chi connectivity index (χ1v) is 8.23. The molecular formula is C20H22N2O. The number of hydrogen-bond acceptors (Lipinski definition) is 3. The van der Waals surface area contributed by atoms with E-state index in [0.717, 1.165) is 11.1 Å². The lowest BCUT2D eigenvalue weighted by atomic mass is 9.34. The minimum Gasteiger partial charge on any atom is -0.377 e. The van der Waals surface area contributed by atoms with Crippen molar-refractivity contribution in [2.75, 3.05) is 7.11 Å². The van der Waals surface area contributed by atoms with Gasteiger partial charge in [-0.25, -0.2) is 0 Å². The number of methoxy groups -OCH3 is 1. The predicted molar refractivity (Wildman–Crippen MR) is 86.4 cm³/mol. The summed E-state index contributed by atoms with van der Waals surface area (Å²) in [5, 5.41) is 20.5. The van der Waals surface area contributed by atoms with Crippen molar-refractivity contribution in [2.24, 2.45) is 16.7 Å². The Hall–Kier alpha value is -1.84. The number of rotatable bonds is 1. The highest BCUT2D eigenvalue weighted by Crippen LogP contribution is 2.85. The molecule has 1 aromatic carbocycles. The van der Waals surface area contributed by atoms with Crippen LogP contribution in [0.25, 0.3) is 0 Å². The molecule has 2 fully saturated rings. The third kappa shape index (κ3) is 0.961. The zero-order valence-electron chi connectivity index (χ0n) is 14.4. The van der Waals surface area contributed by atoms with Gasteiger partial charge in [0.25, 0.3) is 0 Å². The van der Waals surface area contributed by atoms with Gasteiger partial charge in [0.2, 0.25) is 0 Å². The first-order chi connectivity index (χ1) is 10.7. The molecule has 4 atom stereocenters. The molecule has 118 valence electrons. The molecule has 1 aromatic rings. The molecule has 0 saturated heterocycles. The van der Waals surface area contributed by atoms with Crippen molar-refractivity contribution in [3.8, 4) is 12.1 Å². The maximum atomic E-state index is 10.2. The van der Waals surface area contributed by atoms with Gasteiger partial charge in [-0.15, -0.1) is 0 Å². The maximum absolute atomic E-state index is 10.2. The topological polar surface area (TPSA) is 56.8 Å². The molecule has 0 aromatic heterocycles. The molecule has 3 heteroatoms. The number of ether oxygens (including phenoxy) is 1. The molecule has 3 aliphatic carbocycles. The van der Waals surface area contributed by atoms with E-state index in [9.17, 15) is 10.5 Å². The Morgan fingerprint density at radius 1 is 1.00 bits per heavy atom. The molecular weight excluding hydrogens is 284 g/mol. The van der Waals surface area contributed by atoms with Gasteiger partial charge in [-0.1, -0.05) is 52.0 Å². The average molecular weight is 306 g/mol. The molecule has 23 heavy (non-hydrogen) atoms. The van der Waals surface area contributed by atoms with Crippen molar-refractivity contribution in [1.29, 1.82) is 10.5 Å². The van der Waals surface area contributed by atoms with Crippen LogP contribution in [-0.2, 0) is 15.6 Å². The Morgan fingerprint density at radius 2 is 1.61 bits per heavy atom. The summed E-state index contributed by atoms with van der Waals surface area (Å²) in [6, 6.07) is 13.4. The summed E-state index contributed by atoms with van der Waals surface area (Å²) in [7, 11) is 1.75. The molecule has 2 bridgehead atoms. The highest BCUT2D eigenvalue weighted by Gasteiger charge is 2.91. The van der Waals surface area contributed by atoms with Crippen LogP contribution >= 0.6 is 0 Å². The van der Waals surface area contributed by atoms with Gasteiger partial charge in [0.1, 0.15) is 0 Å². The third-order valence-corrected chi connectivity index (χ3v) is 7.93. The summed E-state index contributed by atoms with van der Waals surface area (Å²) < 4.78 is 6.19. The van der Waals surface area contributed by atoms with Crippen molar-refractivity contribution in [3.63, 3.8) is 0 Å². The van der Waals surface area contributed by atoms with Crippen molar-refractivity contribution >= 4 is 0 Å². The molecule has 0 amide bonds. The van der Waals surface area contributed by atoms with Gasteiger partial charge in [-0.05, 0) is 17.5 Å². The van der Waals surface area contributed by atoms with E-state index in [-0.39, 0.29) is 16.7 Å². The minimum absolute atomic E-state index is 0.0598. The van der Waals surface area contributed by atoms with Gasteiger partial charge in [0, 0.05) is 23.9 Å². The standard InChI is InChI=1S/C20H22N2O/c1-16(2)18(11-21)10-15-19(12-22,14-9-7-6-8-13(14)18)17(3,4)20(15,16)23-5/h6-9,15H,10H2,1-5H3/t15-,18-,19?,20?/m0/s1. The molecule has 0 heterocycles. The van der Waals surface area contributed by atoms with E-state index < -0.39 is 16.4 Å². The lowest BCUT2D eigenvalue weighted by Crippen LogP contribution is -2.78. The van der Waals surface area contributed by atoms with E-state index >= 15 is 0 Å². The lowest BCUT2D eigenvalue weighted by molar-refractivity contribution is -0.286. The monoisotopic (exact) mass is 306 g/mol. The summed E-state index contributed by atoms with van der Waals surface area (Å²) in [5.41, 5.74) is -0.289. The highest BCUT2D eigenvalue weighted by atomic mass is 16.5. The molecule has 3 nitrogen and oxygen atoms in total. The van der Waals surface area contributed by atoms with E-state index in [1.807, 2.05) is 12.1 Å². The molecule has 0 N–H and O–H groups in total. The summed E-state index contributed by atoms with van der Waals surface area (Å²) in [4.78, 5) is 0. The summed E-state index contributed by atoms with van der Waals surface area (Å²) >= 11 is 0. The zero-order chi connectivity index (χ0) is 16.9. The number of fused-ring (bicyclic) bond motifs is 4. The second kappa shape index (κ2) is 3.63. The van der Waals surface area contributed by atoms with E-state index in [1.165, 1.54) is 0 Å². The average Bonchev–Trinajstić information content (AvgIpc) is 2.68. The minimum atomic E-state index is -0.599. The van der Waals surface area contributed by atoms with Crippen LogP contribution < -0.4 is 0 Å². The van der Waals surface area contributed by atoms with Crippen molar-refractivity contribution in [3.05, 3.63) is 35.4 Å². The van der Waals surface area contributed by atoms with Crippen LogP contribution in [0.4, 0.5) is 0 Å². The molecule has 0 spiro atoms. The quantitative estimate of drug-likeness (QED) is 0.795. The van der Waals surface area contributed by atoms with Crippen LogP contribution in [-0.4, -0.2) is 12.7 Å². The first kappa shape index (κ1) is 14.7. The molecule has 2 unspecified atom stereocenters. The van der Waals surface area contributed by atoms with Crippen LogP contribution in [0, 0.1) is 39.4 Å². The lowest BCUT2D eigenvalue weighted by Gasteiger charge is -2.71. The van der Waals surface area contributed by atoms with Gasteiger partial charge in [-0.3, -0.25) is 0 Å². The van der Waals surface area contributed by atoms with Gasteiger partial charge >= 0.3 is 0 Å². The van der Waals surface area contributed by atoms with Crippen molar-refractivity contribution in [1.82, 2.24) is 0 Å². The Kier molecular flexibility index (Phi) is 2.32. The maximum Gasteiger partial charge on any atom is 0.0960 e. The molecule has 2 saturated carbocycles. The fourth-order valence-corrected chi connectivity index (χ4v) is 7.13. The van der Waals surface area contributed by atoms with Crippen LogP contribution in [0.15, 0.2) is 24.3 Å². The summed E-state index contributed by atoms with van der Waals surface area (Å²) in [5.74, 6) is 0.0598. The normalized spacial score (nSPS) is 43.7. The number of hydrogen-bond donors (Lipinski definition) is 0. The Bertz CT molecular complexity index is 777. The number of nitrogens with zero attached hydrogens (tertiary/aromatic N) is 2. The smallest absolute Gasteiger partial charge is 0.0960 e. The zero-order valence-corrected chi connectivity index (χ0v) is 14.4. The summed E-state index contributed by atoms with van der Waals surface area (Å²) in [6.07, 6.45) is 0.707. The molecule has 4 rings (SSSR count). The van der Waals surface area contributed by atoms with Gasteiger partial charge in [-0.2, -0.15) is 10.5 Å². The Morgan fingerprint density at radius 3 is 2.13 bits per heavy atom. The van der Waals surface area contributed by atoms with Gasteiger partial charge in [0.05, 0.1) is 28.6 Å². The Labute approximate surface area is 137 Å². The molecule has 0 aliphatic heterocycles. The molecule has 0 radical (unpaired) electrons. The van der Waals surface area contributed by atoms with Crippen molar-refractivity contribution in [2.45, 2.75) is 50.5 Å². The van der Waals surface area contributed by atoms with Crippen LogP contribution in [0.1, 0.15) is 45.2 Å². The van der Waals surface area contributed by atoms with Crippen LogP contribution in [0.5, 0.6) is 0 Å². The van der Waals surface area contributed by atoms with E-state index in [0.29, 0.717) is 6.42 Å². The second-order valence-corrected chi connectivity index (χ2v) is 8.43. The third-order valence-electron chi connectivity index (χ3n) is 7.93. The second-order valence-electron chi connectivity index (χ2n) is 8.43. The van der Waals surface area contributed by atoms with E-state index in [1.54, 1.807) is 7.11 Å². The number of benzene rings is 1. The highest BCUT2D eigenvalue weighted by molar-refractivity contribution is 5.64. The van der Waals surface area contributed by atoms with Gasteiger partial charge < -0.3 is 4.74 Å². The van der Waals surface area contributed by atoms with Crippen molar-refractivity contribution < 1.29 is 4.74 Å². The molecule has 3 aliphatic rings. The van der Waals surface area contributed by atoms with E-state index in [2.05, 4.69) is 52.0 Å². The van der Waals surface area contributed by atoms with Crippen LogP contribution in [0.2, 0.25) is 0 Å². The largest absolute Gasteiger partial charge is 0.377 e. The SMILES string of the molecule is COC12[C@H]3C[C@](C#N)(c4ccccc4C3(C#N)C1(C)C)C2(C)C.